The number of para-hydroxylation sites is 1. The lowest BCUT2D eigenvalue weighted by Crippen LogP contribution is -2.13. The van der Waals surface area contributed by atoms with Crippen molar-refractivity contribution in [3.05, 3.63) is 40.2 Å². The van der Waals surface area contributed by atoms with Crippen LogP contribution >= 0.6 is 0 Å². The third-order valence-electron chi connectivity index (χ3n) is 2.48. The van der Waals surface area contributed by atoms with Crippen LogP contribution in [0.15, 0.2) is 29.2 Å². The number of methoxy groups -OCH3 is 1. The molecule has 0 aliphatic heterocycles. The average Bonchev–Trinajstić information content (AvgIpc) is 2.28. The molecule has 0 saturated carbocycles. The summed E-state index contributed by atoms with van der Waals surface area (Å²) in [5, 5.41) is 0.465. The second-order valence-electron chi connectivity index (χ2n) is 3.47. The van der Waals surface area contributed by atoms with Crippen LogP contribution in [-0.4, -0.2) is 17.9 Å². The minimum atomic E-state index is -0.264. The number of nitrogens with one attached hydrogen (secondary N) is 1. The standard InChI is InChI=1S/C12H11NO3/c1-7(14)9-6-13-11-8(12(9)15)4-3-5-10(11)16-2/h3-6H,1-2H3,(H,13,15). The average molecular weight is 217 g/mol. The summed E-state index contributed by atoms with van der Waals surface area (Å²) in [4.78, 5) is 26.1. The number of hydrogen-bond acceptors (Lipinski definition) is 3. The summed E-state index contributed by atoms with van der Waals surface area (Å²) in [6.45, 7) is 1.37. The molecule has 16 heavy (non-hydrogen) atoms. The van der Waals surface area contributed by atoms with Crippen LogP contribution in [0.1, 0.15) is 17.3 Å². The van der Waals surface area contributed by atoms with Crippen molar-refractivity contribution in [1.82, 2.24) is 4.98 Å². The van der Waals surface area contributed by atoms with E-state index in [2.05, 4.69) is 4.98 Å². The van der Waals surface area contributed by atoms with Gasteiger partial charge in [-0.1, -0.05) is 6.07 Å². The molecule has 0 radical (unpaired) electrons. The number of ether oxygens (including phenoxy) is 1. The van der Waals surface area contributed by atoms with Gasteiger partial charge in [0.15, 0.2) is 11.2 Å². The first-order valence-electron chi connectivity index (χ1n) is 4.84. The summed E-state index contributed by atoms with van der Waals surface area (Å²) >= 11 is 0. The molecule has 0 amide bonds. The largest absolute Gasteiger partial charge is 0.495 e. The van der Waals surface area contributed by atoms with Crippen molar-refractivity contribution in [1.29, 1.82) is 0 Å². The predicted octanol–water partition coefficient (Wildman–Crippen LogP) is 1.74. The molecule has 82 valence electrons. The van der Waals surface area contributed by atoms with Gasteiger partial charge in [0, 0.05) is 6.20 Å². The predicted molar refractivity (Wildman–Crippen MR) is 61.1 cm³/mol. The second-order valence-corrected chi connectivity index (χ2v) is 3.47. The first-order chi connectivity index (χ1) is 7.65. The van der Waals surface area contributed by atoms with Gasteiger partial charge in [0.2, 0.25) is 0 Å². The molecular weight excluding hydrogens is 206 g/mol. The van der Waals surface area contributed by atoms with E-state index in [1.54, 1.807) is 18.2 Å². The van der Waals surface area contributed by atoms with E-state index in [9.17, 15) is 9.59 Å². The highest BCUT2D eigenvalue weighted by atomic mass is 16.5. The fraction of sp³-hybridized carbons (Fsp3) is 0.167. The number of rotatable bonds is 2. The summed E-state index contributed by atoms with van der Waals surface area (Å²) in [6.07, 6.45) is 1.43. The number of benzene rings is 1. The maximum atomic E-state index is 11.9. The van der Waals surface area contributed by atoms with E-state index < -0.39 is 0 Å². The zero-order valence-electron chi connectivity index (χ0n) is 9.03. The maximum absolute atomic E-state index is 11.9. The van der Waals surface area contributed by atoms with E-state index in [1.807, 2.05) is 0 Å². The third-order valence-corrected chi connectivity index (χ3v) is 2.48. The molecule has 4 heteroatoms. The molecule has 2 aromatic rings. The van der Waals surface area contributed by atoms with Crippen LogP contribution in [0.4, 0.5) is 0 Å². The first-order valence-corrected chi connectivity index (χ1v) is 4.84. The summed E-state index contributed by atoms with van der Waals surface area (Å²) < 4.78 is 5.13. The molecule has 0 spiro atoms. The number of fused-ring (bicyclic) bond motifs is 1. The molecule has 1 N–H and O–H groups in total. The van der Waals surface area contributed by atoms with Crippen molar-refractivity contribution >= 4 is 16.7 Å². The van der Waals surface area contributed by atoms with Crippen LogP contribution < -0.4 is 10.2 Å². The first kappa shape index (κ1) is 10.4. The Morgan fingerprint density at radius 3 is 2.75 bits per heavy atom. The Kier molecular flexibility index (Phi) is 2.48. The maximum Gasteiger partial charge on any atom is 0.200 e. The van der Waals surface area contributed by atoms with Crippen molar-refractivity contribution in [3.63, 3.8) is 0 Å². The lowest BCUT2D eigenvalue weighted by atomic mass is 10.1. The zero-order chi connectivity index (χ0) is 11.7. The van der Waals surface area contributed by atoms with Gasteiger partial charge in [0.1, 0.15) is 5.75 Å². The summed E-state index contributed by atoms with van der Waals surface area (Å²) in [6, 6.07) is 5.15. The van der Waals surface area contributed by atoms with Crippen LogP contribution in [-0.2, 0) is 0 Å². The topological polar surface area (TPSA) is 59.2 Å². The van der Waals surface area contributed by atoms with Crippen LogP contribution in [0, 0.1) is 0 Å². The Balaban J connectivity index is 2.87. The highest BCUT2D eigenvalue weighted by Crippen LogP contribution is 2.20. The molecule has 0 atom stereocenters. The van der Waals surface area contributed by atoms with Crippen LogP contribution in [0.5, 0.6) is 5.75 Å². The SMILES string of the molecule is COc1cccc2c(=O)c(C(C)=O)c[nH]c12. The quantitative estimate of drug-likeness (QED) is 0.779. The highest BCUT2D eigenvalue weighted by molar-refractivity contribution is 5.97. The van der Waals surface area contributed by atoms with Crippen molar-refractivity contribution in [2.24, 2.45) is 0 Å². The number of carbonyl (C=O) groups excluding carboxylic acids is 1. The van der Waals surface area contributed by atoms with Gasteiger partial charge in [-0.2, -0.15) is 0 Å². The Labute approximate surface area is 91.9 Å². The zero-order valence-corrected chi connectivity index (χ0v) is 9.03. The minimum absolute atomic E-state index is 0.167. The smallest absolute Gasteiger partial charge is 0.200 e. The summed E-state index contributed by atoms with van der Waals surface area (Å²) in [7, 11) is 1.53. The lowest BCUT2D eigenvalue weighted by molar-refractivity contribution is 0.101. The Hall–Kier alpha value is -2.10. The Bertz CT molecular complexity index is 613. The highest BCUT2D eigenvalue weighted by Gasteiger charge is 2.10. The fourth-order valence-electron chi connectivity index (χ4n) is 1.66. The van der Waals surface area contributed by atoms with E-state index >= 15 is 0 Å². The molecule has 0 aliphatic carbocycles. The van der Waals surface area contributed by atoms with Crippen LogP contribution in [0.2, 0.25) is 0 Å². The molecule has 0 bridgehead atoms. The number of H-pyrrole nitrogens is 1. The fourth-order valence-corrected chi connectivity index (χ4v) is 1.66. The molecule has 1 aromatic heterocycles. The van der Waals surface area contributed by atoms with Crippen LogP contribution in [0.25, 0.3) is 10.9 Å². The molecular formula is C12H11NO3. The van der Waals surface area contributed by atoms with Gasteiger partial charge in [0.25, 0.3) is 0 Å². The molecule has 0 fully saturated rings. The molecule has 1 heterocycles. The van der Waals surface area contributed by atoms with E-state index in [4.69, 9.17) is 4.74 Å². The normalized spacial score (nSPS) is 10.4. The molecule has 0 saturated heterocycles. The van der Waals surface area contributed by atoms with E-state index in [-0.39, 0.29) is 16.8 Å². The molecule has 0 unspecified atom stereocenters. The van der Waals surface area contributed by atoms with Crippen molar-refractivity contribution in [2.45, 2.75) is 6.92 Å². The second kappa shape index (κ2) is 3.81. The number of aromatic nitrogens is 1. The van der Waals surface area contributed by atoms with E-state index in [1.165, 1.54) is 20.2 Å². The van der Waals surface area contributed by atoms with Gasteiger partial charge in [-0.25, -0.2) is 0 Å². The van der Waals surface area contributed by atoms with E-state index in [0.717, 1.165) is 0 Å². The summed E-state index contributed by atoms with van der Waals surface area (Å²) in [5.41, 5.74) is 0.515. The van der Waals surface area contributed by atoms with Gasteiger partial charge in [-0.15, -0.1) is 0 Å². The summed E-state index contributed by atoms with van der Waals surface area (Å²) in [5.74, 6) is 0.343. The van der Waals surface area contributed by atoms with Gasteiger partial charge in [-0.3, -0.25) is 9.59 Å². The Morgan fingerprint density at radius 2 is 2.12 bits per heavy atom. The minimum Gasteiger partial charge on any atom is -0.495 e. The molecule has 1 aromatic carbocycles. The Morgan fingerprint density at radius 1 is 1.38 bits per heavy atom. The van der Waals surface area contributed by atoms with E-state index in [0.29, 0.717) is 16.7 Å². The number of Topliss-reactive ketones (excluding diaryl/α,β-unsaturated/α-hetero) is 1. The number of aromatic amines is 1. The van der Waals surface area contributed by atoms with Crippen molar-refractivity contribution < 1.29 is 9.53 Å². The van der Waals surface area contributed by atoms with Gasteiger partial charge in [-0.05, 0) is 19.1 Å². The number of carbonyl (C=O) groups is 1. The van der Waals surface area contributed by atoms with Gasteiger partial charge >= 0.3 is 0 Å². The number of ketones is 1. The third kappa shape index (κ3) is 1.48. The number of hydrogen-bond donors (Lipinski definition) is 1. The lowest BCUT2D eigenvalue weighted by Gasteiger charge is -2.05. The number of pyridine rings is 1. The van der Waals surface area contributed by atoms with Crippen molar-refractivity contribution in [3.8, 4) is 5.75 Å². The van der Waals surface area contributed by atoms with Gasteiger partial charge < -0.3 is 9.72 Å². The monoisotopic (exact) mass is 217 g/mol. The van der Waals surface area contributed by atoms with Crippen molar-refractivity contribution in [2.75, 3.05) is 7.11 Å². The molecule has 4 nitrogen and oxygen atoms in total. The van der Waals surface area contributed by atoms with Gasteiger partial charge in [0.05, 0.1) is 23.6 Å². The molecule has 2 rings (SSSR count). The molecule has 0 aliphatic rings. The van der Waals surface area contributed by atoms with Crippen LogP contribution in [0.3, 0.4) is 0 Å².